The molecule has 0 bridgehead atoms. The number of anilines is 1. The number of likely N-dealkylation sites (tertiary alicyclic amines) is 1. The summed E-state index contributed by atoms with van der Waals surface area (Å²) in [5.41, 5.74) is 0.576. The van der Waals surface area contributed by atoms with Gasteiger partial charge in [0.15, 0.2) is 0 Å². The number of hydrogen-bond acceptors (Lipinski definition) is 3. The summed E-state index contributed by atoms with van der Waals surface area (Å²) in [6, 6.07) is 3.63. The molecule has 1 aliphatic rings. The molecular weight excluding hydrogens is 347 g/mol. The number of rotatable bonds is 2. The highest BCUT2D eigenvalue weighted by atomic mass is 19.1. The van der Waals surface area contributed by atoms with Gasteiger partial charge in [-0.3, -0.25) is 9.69 Å². The number of halogens is 1. The smallest absolute Gasteiger partial charge is 0.410 e. The van der Waals surface area contributed by atoms with Gasteiger partial charge < -0.3 is 10.1 Å². The van der Waals surface area contributed by atoms with Crippen molar-refractivity contribution >= 4 is 17.7 Å². The zero-order chi connectivity index (χ0) is 21.2. The van der Waals surface area contributed by atoms with Gasteiger partial charge in [0.1, 0.15) is 17.5 Å². The van der Waals surface area contributed by atoms with Crippen LogP contribution in [0.15, 0.2) is 18.2 Å². The van der Waals surface area contributed by atoms with E-state index in [0.717, 1.165) is 12.0 Å². The first-order valence-electron chi connectivity index (χ1n) is 9.74. The number of carbonyl (C=O) groups is 2. The Morgan fingerprint density at radius 1 is 1.19 bits per heavy atom. The first kappa shape index (κ1) is 24.9. The molecule has 154 valence electrons. The van der Waals surface area contributed by atoms with E-state index < -0.39 is 23.6 Å². The van der Waals surface area contributed by atoms with E-state index in [1.807, 2.05) is 27.7 Å². The Hall–Kier alpha value is -2.11. The Morgan fingerprint density at radius 2 is 1.78 bits per heavy atom. The predicted octanol–water partition coefficient (Wildman–Crippen LogP) is 5.52. The Kier molecular flexibility index (Phi) is 10.7. The van der Waals surface area contributed by atoms with Crippen LogP contribution in [0.25, 0.3) is 0 Å². The van der Waals surface area contributed by atoms with Crippen LogP contribution in [0.2, 0.25) is 0 Å². The predicted molar refractivity (Wildman–Crippen MR) is 108 cm³/mol. The SMILES string of the molecule is CC.CC.Cc1ccc(F)cc1NC(=O)C1CCCN1C(=O)OC(C)(C)C. The van der Waals surface area contributed by atoms with Crippen molar-refractivity contribution in [3.05, 3.63) is 29.6 Å². The topological polar surface area (TPSA) is 58.6 Å². The number of aryl methyl sites for hydroxylation is 1. The fourth-order valence-electron chi connectivity index (χ4n) is 2.52. The van der Waals surface area contributed by atoms with E-state index >= 15 is 0 Å². The number of hydrogen-bond donors (Lipinski definition) is 1. The van der Waals surface area contributed by atoms with Gasteiger partial charge in [0.25, 0.3) is 0 Å². The molecule has 0 aliphatic carbocycles. The molecule has 0 aromatic heterocycles. The van der Waals surface area contributed by atoms with Gasteiger partial charge in [-0.2, -0.15) is 0 Å². The van der Waals surface area contributed by atoms with Crippen LogP contribution >= 0.6 is 0 Å². The van der Waals surface area contributed by atoms with Gasteiger partial charge in [-0.15, -0.1) is 0 Å². The standard InChI is InChI=1S/C17H23FN2O3.2C2H6/c1-11-7-8-12(18)10-13(11)19-15(21)14-6-5-9-20(14)16(22)23-17(2,3)4;2*1-2/h7-8,10,14H,5-6,9H2,1-4H3,(H,19,21);2*1-2H3. The Balaban J connectivity index is 0.00000158. The number of nitrogens with one attached hydrogen (secondary N) is 1. The molecule has 5 nitrogen and oxygen atoms in total. The third-order valence-corrected chi connectivity index (χ3v) is 3.64. The van der Waals surface area contributed by atoms with Gasteiger partial charge in [0.2, 0.25) is 5.91 Å². The van der Waals surface area contributed by atoms with Crippen LogP contribution < -0.4 is 5.32 Å². The normalized spacial score (nSPS) is 15.7. The summed E-state index contributed by atoms with van der Waals surface area (Å²) in [4.78, 5) is 26.1. The van der Waals surface area contributed by atoms with Crippen molar-refractivity contribution in [1.82, 2.24) is 4.90 Å². The Labute approximate surface area is 163 Å². The molecule has 1 saturated heterocycles. The van der Waals surface area contributed by atoms with Crippen molar-refractivity contribution in [2.75, 3.05) is 11.9 Å². The third kappa shape index (κ3) is 7.97. The highest BCUT2D eigenvalue weighted by Gasteiger charge is 2.36. The quantitative estimate of drug-likeness (QED) is 0.732. The van der Waals surface area contributed by atoms with E-state index in [1.54, 1.807) is 33.8 Å². The summed E-state index contributed by atoms with van der Waals surface area (Å²) in [6.07, 6.45) is 0.810. The first-order valence-corrected chi connectivity index (χ1v) is 9.74. The van der Waals surface area contributed by atoms with Gasteiger partial charge in [-0.25, -0.2) is 9.18 Å². The molecule has 0 spiro atoms. The second-order valence-corrected chi connectivity index (χ2v) is 6.78. The second kappa shape index (κ2) is 11.6. The highest BCUT2D eigenvalue weighted by Crippen LogP contribution is 2.23. The van der Waals surface area contributed by atoms with E-state index in [-0.39, 0.29) is 5.91 Å². The zero-order valence-electron chi connectivity index (χ0n) is 18.0. The van der Waals surface area contributed by atoms with Crippen LogP contribution in [0.4, 0.5) is 14.9 Å². The lowest BCUT2D eigenvalue weighted by atomic mass is 10.1. The minimum atomic E-state index is -0.611. The molecule has 2 rings (SSSR count). The van der Waals surface area contributed by atoms with Crippen LogP contribution in [-0.4, -0.2) is 35.1 Å². The zero-order valence-corrected chi connectivity index (χ0v) is 18.0. The molecule has 0 radical (unpaired) electrons. The van der Waals surface area contributed by atoms with Crippen molar-refractivity contribution < 1.29 is 18.7 Å². The molecule has 1 N–H and O–H groups in total. The van der Waals surface area contributed by atoms with Gasteiger partial charge in [0, 0.05) is 12.2 Å². The summed E-state index contributed by atoms with van der Waals surface area (Å²) in [7, 11) is 0. The molecule has 1 fully saturated rings. The van der Waals surface area contributed by atoms with E-state index in [1.165, 1.54) is 17.0 Å². The van der Waals surface area contributed by atoms with Crippen molar-refractivity contribution in [3.63, 3.8) is 0 Å². The molecule has 1 unspecified atom stereocenters. The first-order chi connectivity index (χ1) is 12.7. The average molecular weight is 383 g/mol. The van der Waals surface area contributed by atoms with Crippen LogP contribution in [0, 0.1) is 12.7 Å². The number of carbonyl (C=O) groups excluding carboxylic acids is 2. The fourth-order valence-corrected chi connectivity index (χ4v) is 2.52. The lowest BCUT2D eigenvalue weighted by Gasteiger charge is -2.28. The third-order valence-electron chi connectivity index (χ3n) is 3.64. The number of benzene rings is 1. The molecular formula is C21H35FN2O3. The number of amides is 2. The van der Waals surface area contributed by atoms with Crippen LogP contribution in [-0.2, 0) is 9.53 Å². The van der Waals surface area contributed by atoms with Crippen LogP contribution in [0.3, 0.4) is 0 Å². The van der Waals surface area contributed by atoms with E-state index in [2.05, 4.69) is 5.32 Å². The number of ether oxygens (including phenoxy) is 1. The van der Waals surface area contributed by atoms with Crippen LogP contribution in [0.5, 0.6) is 0 Å². The largest absolute Gasteiger partial charge is 0.444 e. The maximum atomic E-state index is 13.3. The van der Waals surface area contributed by atoms with Gasteiger partial charge in [-0.05, 0) is 58.2 Å². The molecule has 1 aromatic carbocycles. The monoisotopic (exact) mass is 382 g/mol. The molecule has 1 atom stereocenters. The summed E-state index contributed by atoms with van der Waals surface area (Å²) >= 11 is 0. The summed E-state index contributed by atoms with van der Waals surface area (Å²) < 4.78 is 18.7. The van der Waals surface area contributed by atoms with E-state index in [4.69, 9.17) is 4.74 Å². The minimum absolute atomic E-state index is 0.318. The molecule has 1 aromatic rings. The second-order valence-electron chi connectivity index (χ2n) is 6.78. The van der Waals surface area contributed by atoms with Crippen molar-refractivity contribution in [2.24, 2.45) is 0 Å². The van der Waals surface area contributed by atoms with Gasteiger partial charge >= 0.3 is 6.09 Å². The Morgan fingerprint density at radius 3 is 2.33 bits per heavy atom. The fraction of sp³-hybridized carbons (Fsp3) is 0.619. The molecule has 27 heavy (non-hydrogen) atoms. The minimum Gasteiger partial charge on any atom is -0.444 e. The van der Waals surface area contributed by atoms with Crippen molar-refractivity contribution in [1.29, 1.82) is 0 Å². The summed E-state index contributed by atoms with van der Waals surface area (Å²) in [5.74, 6) is -0.733. The molecule has 2 amide bonds. The van der Waals surface area contributed by atoms with E-state index in [0.29, 0.717) is 18.7 Å². The van der Waals surface area contributed by atoms with Gasteiger partial charge in [0.05, 0.1) is 0 Å². The maximum absolute atomic E-state index is 13.3. The Bertz CT molecular complexity index is 612. The summed E-state index contributed by atoms with van der Waals surface area (Å²) in [5, 5.41) is 2.71. The lowest BCUT2D eigenvalue weighted by molar-refractivity contribution is -0.120. The molecule has 1 heterocycles. The van der Waals surface area contributed by atoms with Crippen molar-refractivity contribution in [2.45, 2.75) is 79.9 Å². The molecule has 6 heteroatoms. The molecule has 1 aliphatic heterocycles. The van der Waals surface area contributed by atoms with Gasteiger partial charge in [-0.1, -0.05) is 33.8 Å². The number of nitrogens with zero attached hydrogens (tertiary/aromatic N) is 1. The average Bonchev–Trinajstić information content (AvgIpc) is 3.10. The van der Waals surface area contributed by atoms with E-state index in [9.17, 15) is 14.0 Å². The lowest BCUT2D eigenvalue weighted by Crippen LogP contribution is -2.45. The van der Waals surface area contributed by atoms with Crippen molar-refractivity contribution in [3.8, 4) is 0 Å². The summed E-state index contributed by atoms with van der Waals surface area (Å²) in [6.45, 7) is 15.6. The molecule has 0 saturated carbocycles. The highest BCUT2D eigenvalue weighted by molar-refractivity contribution is 5.97. The van der Waals surface area contributed by atoms with Crippen LogP contribution in [0.1, 0.15) is 66.9 Å². The maximum Gasteiger partial charge on any atom is 0.410 e.